The number of carbonyl (C=O) groups excluding carboxylic acids is 1. The molecule has 0 saturated carbocycles. The lowest BCUT2D eigenvalue weighted by atomic mass is 9.93. The predicted molar refractivity (Wildman–Crippen MR) is 101 cm³/mol. The summed E-state index contributed by atoms with van der Waals surface area (Å²) in [5, 5.41) is 7.39. The molecule has 2 atom stereocenters. The second kappa shape index (κ2) is 8.68. The number of hydrogen-bond acceptors (Lipinski definition) is 3. The first-order valence-electron chi connectivity index (χ1n) is 8.25. The van der Waals surface area contributed by atoms with Crippen molar-refractivity contribution in [2.75, 3.05) is 26.2 Å². The van der Waals surface area contributed by atoms with Crippen LogP contribution in [0.3, 0.4) is 0 Å². The van der Waals surface area contributed by atoms with Gasteiger partial charge in [0.05, 0.1) is 22.8 Å². The van der Waals surface area contributed by atoms with Crippen molar-refractivity contribution < 1.29 is 9.53 Å². The maximum Gasteiger partial charge on any atom is 0.251 e. The molecule has 132 valence electrons. The lowest BCUT2D eigenvalue weighted by Gasteiger charge is -2.25. The number of ether oxygens (including phenoxy) is 1. The summed E-state index contributed by atoms with van der Waals surface area (Å²) in [5.41, 5.74) is 1.68. The third kappa shape index (κ3) is 4.73. The average Bonchev–Trinajstić information content (AvgIpc) is 2.88. The van der Waals surface area contributed by atoms with Gasteiger partial charge in [-0.25, -0.2) is 0 Å². The Morgan fingerprint density at radius 3 is 2.72 bits per heavy atom. The highest BCUT2D eigenvalue weighted by Gasteiger charge is 2.27. The standard InChI is InChI=1S/C19H20Cl2N2O2/c20-16-7-6-14(10-17(16)21)15-11-22-8-9-25-18(15)12-23-19(24)13-4-2-1-3-5-13/h1-7,10,15,18,22H,8-9,11-12H2,(H,23,24)/t15?,18-/m1/s1. The molecule has 2 N–H and O–H groups in total. The largest absolute Gasteiger partial charge is 0.374 e. The summed E-state index contributed by atoms with van der Waals surface area (Å²) >= 11 is 12.2. The van der Waals surface area contributed by atoms with E-state index in [9.17, 15) is 4.79 Å². The van der Waals surface area contributed by atoms with Crippen molar-refractivity contribution in [3.63, 3.8) is 0 Å². The monoisotopic (exact) mass is 378 g/mol. The molecule has 4 nitrogen and oxygen atoms in total. The van der Waals surface area contributed by atoms with E-state index in [0.29, 0.717) is 28.8 Å². The molecule has 2 aromatic carbocycles. The Bertz CT molecular complexity index is 725. The van der Waals surface area contributed by atoms with Crippen molar-refractivity contribution in [2.24, 2.45) is 0 Å². The second-order valence-corrected chi connectivity index (χ2v) is 6.78. The van der Waals surface area contributed by atoms with Gasteiger partial charge in [-0.1, -0.05) is 47.5 Å². The molecule has 0 aliphatic carbocycles. The quantitative estimate of drug-likeness (QED) is 0.855. The predicted octanol–water partition coefficient (Wildman–Crippen LogP) is 3.50. The van der Waals surface area contributed by atoms with Crippen LogP contribution >= 0.6 is 23.2 Å². The van der Waals surface area contributed by atoms with E-state index in [0.717, 1.165) is 18.7 Å². The van der Waals surface area contributed by atoms with Gasteiger partial charge in [-0.3, -0.25) is 4.79 Å². The SMILES string of the molecule is O=C(NC[C@H]1OCCNCC1c1ccc(Cl)c(Cl)c1)c1ccccc1. The lowest BCUT2D eigenvalue weighted by molar-refractivity contribution is 0.0499. The van der Waals surface area contributed by atoms with Gasteiger partial charge in [0.2, 0.25) is 0 Å². The van der Waals surface area contributed by atoms with Crippen molar-refractivity contribution in [1.82, 2.24) is 10.6 Å². The van der Waals surface area contributed by atoms with Gasteiger partial charge in [-0.2, -0.15) is 0 Å². The number of rotatable bonds is 4. The molecular formula is C19H20Cl2N2O2. The molecule has 1 heterocycles. The molecule has 0 spiro atoms. The molecule has 1 fully saturated rings. The molecule has 0 bridgehead atoms. The maximum absolute atomic E-state index is 12.3. The normalized spacial score (nSPS) is 20.7. The highest BCUT2D eigenvalue weighted by molar-refractivity contribution is 6.42. The van der Waals surface area contributed by atoms with Gasteiger partial charge in [0.25, 0.3) is 5.91 Å². The van der Waals surface area contributed by atoms with E-state index in [-0.39, 0.29) is 17.9 Å². The van der Waals surface area contributed by atoms with Crippen molar-refractivity contribution in [3.05, 3.63) is 69.7 Å². The van der Waals surface area contributed by atoms with Crippen molar-refractivity contribution in [2.45, 2.75) is 12.0 Å². The van der Waals surface area contributed by atoms with E-state index in [1.807, 2.05) is 30.3 Å². The van der Waals surface area contributed by atoms with Crippen molar-refractivity contribution >= 4 is 29.1 Å². The molecule has 1 saturated heterocycles. The van der Waals surface area contributed by atoms with Crippen LogP contribution in [0.15, 0.2) is 48.5 Å². The summed E-state index contributed by atoms with van der Waals surface area (Å²) in [6.07, 6.45) is -0.139. The summed E-state index contributed by atoms with van der Waals surface area (Å²) in [5.74, 6) is -0.0253. The van der Waals surface area contributed by atoms with Gasteiger partial charge < -0.3 is 15.4 Å². The zero-order valence-corrected chi connectivity index (χ0v) is 15.2. The highest BCUT2D eigenvalue weighted by Crippen LogP contribution is 2.29. The van der Waals surface area contributed by atoms with Gasteiger partial charge in [-0.05, 0) is 29.8 Å². The minimum absolute atomic E-state index is 0.0772. The van der Waals surface area contributed by atoms with Crippen LogP contribution in [-0.4, -0.2) is 38.3 Å². The molecular weight excluding hydrogens is 359 g/mol. The Labute approximate surface area is 157 Å². The molecule has 0 radical (unpaired) electrons. The lowest BCUT2D eigenvalue weighted by Crippen LogP contribution is -2.38. The molecule has 25 heavy (non-hydrogen) atoms. The molecule has 1 amide bonds. The summed E-state index contributed by atoms with van der Waals surface area (Å²) < 4.78 is 5.97. The number of amides is 1. The molecule has 6 heteroatoms. The molecule has 1 unspecified atom stereocenters. The van der Waals surface area contributed by atoms with E-state index in [1.54, 1.807) is 18.2 Å². The highest BCUT2D eigenvalue weighted by atomic mass is 35.5. The van der Waals surface area contributed by atoms with Gasteiger partial charge in [0.1, 0.15) is 0 Å². The summed E-state index contributed by atoms with van der Waals surface area (Å²) in [6, 6.07) is 14.8. The second-order valence-electron chi connectivity index (χ2n) is 5.97. The first-order valence-corrected chi connectivity index (χ1v) is 9.01. The van der Waals surface area contributed by atoms with Crippen LogP contribution in [0.25, 0.3) is 0 Å². The zero-order chi connectivity index (χ0) is 17.6. The molecule has 3 rings (SSSR count). The maximum atomic E-state index is 12.3. The van der Waals surface area contributed by atoms with Crippen LogP contribution in [0.5, 0.6) is 0 Å². The number of hydrogen-bond donors (Lipinski definition) is 2. The van der Waals surface area contributed by atoms with Crippen molar-refractivity contribution in [3.8, 4) is 0 Å². The van der Waals surface area contributed by atoms with Crippen LogP contribution in [0.2, 0.25) is 10.0 Å². The Morgan fingerprint density at radius 1 is 1.16 bits per heavy atom. The van der Waals surface area contributed by atoms with Crippen LogP contribution < -0.4 is 10.6 Å². The van der Waals surface area contributed by atoms with E-state index in [2.05, 4.69) is 10.6 Å². The van der Waals surface area contributed by atoms with Gasteiger partial charge >= 0.3 is 0 Å². The third-order valence-corrected chi connectivity index (χ3v) is 5.03. The van der Waals surface area contributed by atoms with Gasteiger partial charge in [0, 0.05) is 31.1 Å². The van der Waals surface area contributed by atoms with Crippen LogP contribution in [0, 0.1) is 0 Å². The topological polar surface area (TPSA) is 50.4 Å². The van der Waals surface area contributed by atoms with E-state index >= 15 is 0 Å². The average molecular weight is 379 g/mol. The molecule has 0 aromatic heterocycles. The smallest absolute Gasteiger partial charge is 0.251 e. The zero-order valence-electron chi connectivity index (χ0n) is 13.7. The van der Waals surface area contributed by atoms with Crippen molar-refractivity contribution in [1.29, 1.82) is 0 Å². The third-order valence-electron chi connectivity index (χ3n) is 4.30. The number of benzene rings is 2. The van der Waals surface area contributed by atoms with Crippen LogP contribution in [0.4, 0.5) is 0 Å². The Hall–Kier alpha value is -1.59. The summed E-state index contributed by atoms with van der Waals surface area (Å²) in [7, 11) is 0. The first-order chi connectivity index (χ1) is 12.1. The van der Waals surface area contributed by atoms with E-state index in [4.69, 9.17) is 27.9 Å². The Balaban J connectivity index is 1.72. The fourth-order valence-corrected chi connectivity index (χ4v) is 3.26. The minimum atomic E-state index is -0.139. The van der Waals surface area contributed by atoms with Crippen LogP contribution in [0.1, 0.15) is 21.8 Å². The number of nitrogens with one attached hydrogen (secondary N) is 2. The fourth-order valence-electron chi connectivity index (χ4n) is 2.95. The number of halogens is 2. The molecule has 2 aromatic rings. The van der Waals surface area contributed by atoms with Gasteiger partial charge in [-0.15, -0.1) is 0 Å². The Morgan fingerprint density at radius 2 is 1.96 bits per heavy atom. The number of carbonyl (C=O) groups is 1. The van der Waals surface area contributed by atoms with Gasteiger partial charge in [0.15, 0.2) is 0 Å². The minimum Gasteiger partial charge on any atom is -0.374 e. The summed E-state index contributed by atoms with van der Waals surface area (Å²) in [4.78, 5) is 12.3. The fraction of sp³-hybridized carbons (Fsp3) is 0.316. The first kappa shape index (κ1) is 18.2. The molecule has 1 aliphatic heterocycles. The van der Waals surface area contributed by atoms with Crippen LogP contribution in [-0.2, 0) is 4.74 Å². The molecule has 1 aliphatic rings. The van der Waals surface area contributed by atoms with E-state index < -0.39 is 0 Å². The summed E-state index contributed by atoms with van der Waals surface area (Å²) in [6.45, 7) is 2.56. The van der Waals surface area contributed by atoms with E-state index in [1.165, 1.54) is 0 Å². The Kier molecular flexibility index (Phi) is 6.32.